The molecular weight excluding hydrogens is 368 g/mol. The maximum absolute atomic E-state index is 12.8. The van der Waals surface area contributed by atoms with Crippen molar-refractivity contribution in [2.24, 2.45) is 0 Å². The van der Waals surface area contributed by atoms with Gasteiger partial charge < -0.3 is 10.1 Å². The first-order chi connectivity index (χ1) is 12.2. The SMILES string of the molecule is CCCCN(CCO)S(=O)(=O)c1ccc2c(c1)[nH]c(=O)c(=O)n2[N+](=O)[O-]. The number of nitrogens with zero attached hydrogens (tertiary/aromatic N) is 3. The van der Waals surface area contributed by atoms with Crippen molar-refractivity contribution in [3.63, 3.8) is 0 Å². The van der Waals surface area contributed by atoms with Crippen LogP contribution in [0.25, 0.3) is 11.0 Å². The summed E-state index contributed by atoms with van der Waals surface area (Å²) in [5, 5.41) is 19.1. The maximum Gasteiger partial charge on any atom is 0.377 e. The Balaban J connectivity index is 2.64. The van der Waals surface area contributed by atoms with E-state index < -0.39 is 26.2 Å². The molecule has 2 rings (SSSR count). The third-order valence-corrected chi connectivity index (χ3v) is 5.64. The summed E-state index contributed by atoms with van der Waals surface area (Å²) in [4.78, 5) is 36.2. The molecule has 1 aromatic heterocycles. The van der Waals surface area contributed by atoms with Crippen molar-refractivity contribution in [1.29, 1.82) is 0 Å². The average Bonchev–Trinajstić information content (AvgIpc) is 2.58. The summed E-state index contributed by atoms with van der Waals surface area (Å²) in [6.45, 7) is 1.61. The van der Waals surface area contributed by atoms with Crippen LogP contribution < -0.4 is 11.1 Å². The Morgan fingerprint density at radius 3 is 2.58 bits per heavy atom. The number of rotatable bonds is 8. The number of sulfonamides is 1. The van der Waals surface area contributed by atoms with Crippen molar-refractivity contribution in [3.05, 3.63) is 49.0 Å². The van der Waals surface area contributed by atoms with Gasteiger partial charge >= 0.3 is 11.1 Å². The van der Waals surface area contributed by atoms with Crippen LogP contribution in [0.15, 0.2) is 32.7 Å². The molecule has 0 unspecified atom stereocenters. The molecule has 0 saturated heterocycles. The number of H-pyrrole nitrogens is 1. The maximum atomic E-state index is 12.8. The number of nitrogens with one attached hydrogen (secondary N) is 1. The first-order valence-electron chi connectivity index (χ1n) is 7.78. The van der Waals surface area contributed by atoms with Gasteiger partial charge in [0.2, 0.25) is 10.0 Å². The molecule has 26 heavy (non-hydrogen) atoms. The van der Waals surface area contributed by atoms with Crippen LogP contribution >= 0.6 is 0 Å². The molecule has 0 aliphatic heterocycles. The number of aromatic nitrogens is 2. The fourth-order valence-corrected chi connectivity index (χ4v) is 3.95. The third kappa shape index (κ3) is 3.66. The minimum atomic E-state index is -3.99. The zero-order valence-corrected chi connectivity index (χ0v) is 14.7. The van der Waals surface area contributed by atoms with Crippen LogP contribution in [0, 0.1) is 10.1 Å². The lowest BCUT2D eigenvalue weighted by molar-refractivity contribution is -0.540. The molecule has 142 valence electrons. The summed E-state index contributed by atoms with van der Waals surface area (Å²) in [6, 6.07) is 3.26. The first kappa shape index (κ1) is 19.8. The second kappa shape index (κ2) is 7.76. The number of aliphatic hydroxyl groups excluding tert-OH is 1. The summed E-state index contributed by atoms with van der Waals surface area (Å²) < 4.78 is 26.7. The predicted octanol–water partition coefficient (Wildman–Crippen LogP) is -0.487. The lowest BCUT2D eigenvalue weighted by Gasteiger charge is -2.21. The highest BCUT2D eigenvalue weighted by molar-refractivity contribution is 7.89. The van der Waals surface area contributed by atoms with E-state index >= 15 is 0 Å². The van der Waals surface area contributed by atoms with Crippen molar-refractivity contribution in [3.8, 4) is 0 Å². The minimum Gasteiger partial charge on any atom is -0.395 e. The Morgan fingerprint density at radius 2 is 2.00 bits per heavy atom. The van der Waals surface area contributed by atoms with Gasteiger partial charge in [-0.3, -0.25) is 9.59 Å². The van der Waals surface area contributed by atoms with Crippen molar-refractivity contribution in [1.82, 2.24) is 14.0 Å². The predicted molar refractivity (Wildman–Crippen MR) is 92.0 cm³/mol. The number of hydrogen-bond acceptors (Lipinski definition) is 7. The van der Waals surface area contributed by atoms with Gasteiger partial charge in [-0.15, -0.1) is 0 Å². The molecule has 0 bridgehead atoms. The molecule has 1 aromatic carbocycles. The fraction of sp³-hybridized carbons (Fsp3) is 0.429. The number of aliphatic hydroxyl groups is 1. The van der Waals surface area contributed by atoms with Crippen LogP contribution in [0.5, 0.6) is 0 Å². The molecule has 0 spiro atoms. The number of aromatic amines is 1. The van der Waals surface area contributed by atoms with Gasteiger partial charge in [0, 0.05) is 13.1 Å². The fourth-order valence-electron chi connectivity index (χ4n) is 2.45. The molecule has 0 fully saturated rings. The van der Waals surface area contributed by atoms with E-state index in [1.165, 1.54) is 0 Å². The molecule has 0 aliphatic carbocycles. The number of unbranched alkanes of at least 4 members (excludes halogenated alkanes) is 1. The number of benzene rings is 1. The number of hydrogen-bond donors (Lipinski definition) is 2. The molecule has 12 heteroatoms. The summed E-state index contributed by atoms with van der Waals surface area (Å²) >= 11 is 0. The Labute approximate surface area is 147 Å². The van der Waals surface area contributed by atoms with Crippen LogP contribution in [0.4, 0.5) is 0 Å². The van der Waals surface area contributed by atoms with Crippen LogP contribution in [0.1, 0.15) is 19.8 Å². The Kier molecular flexibility index (Phi) is 5.90. The molecule has 0 amide bonds. The van der Waals surface area contributed by atoms with Gasteiger partial charge in [0.25, 0.3) is 0 Å². The molecule has 0 radical (unpaired) electrons. The second-order valence-electron chi connectivity index (χ2n) is 5.47. The largest absolute Gasteiger partial charge is 0.395 e. The summed E-state index contributed by atoms with van der Waals surface area (Å²) in [5.41, 5.74) is -3.00. The van der Waals surface area contributed by atoms with Crippen LogP contribution in [-0.4, -0.2) is 52.2 Å². The van der Waals surface area contributed by atoms with Gasteiger partial charge in [0.05, 0.1) is 17.0 Å². The van der Waals surface area contributed by atoms with Crippen LogP contribution in [0.2, 0.25) is 0 Å². The smallest absolute Gasteiger partial charge is 0.377 e. The molecule has 0 saturated carbocycles. The zero-order valence-electron chi connectivity index (χ0n) is 13.9. The topological polar surface area (TPSA) is 156 Å². The first-order valence-corrected chi connectivity index (χ1v) is 9.22. The van der Waals surface area contributed by atoms with E-state index in [0.29, 0.717) is 6.42 Å². The molecule has 2 N–H and O–H groups in total. The molecule has 1 heterocycles. The Hall–Kier alpha value is -2.57. The monoisotopic (exact) mass is 386 g/mol. The van der Waals surface area contributed by atoms with Crippen molar-refractivity contribution < 1.29 is 18.6 Å². The van der Waals surface area contributed by atoms with Gasteiger partial charge in [-0.2, -0.15) is 4.31 Å². The van der Waals surface area contributed by atoms with E-state index in [9.17, 15) is 28.1 Å². The van der Waals surface area contributed by atoms with Crippen molar-refractivity contribution in [2.45, 2.75) is 24.7 Å². The van der Waals surface area contributed by atoms with Gasteiger partial charge in [0.1, 0.15) is 5.52 Å². The second-order valence-corrected chi connectivity index (χ2v) is 7.41. The molecule has 2 aromatic rings. The van der Waals surface area contributed by atoms with Gasteiger partial charge in [-0.25, -0.2) is 18.5 Å². The molecule has 11 nitrogen and oxygen atoms in total. The summed E-state index contributed by atoms with van der Waals surface area (Å²) in [7, 11) is -3.99. The lowest BCUT2D eigenvalue weighted by atomic mass is 10.3. The van der Waals surface area contributed by atoms with E-state index in [-0.39, 0.29) is 40.3 Å². The quantitative estimate of drug-likeness (QED) is 0.352. The number of fused-ring (bicyclic) bond motifs is 1. The molecule has 0 atom stereocenters. The summed E-state index contributed by atoms with van der Waals surface area (Å²) in [6.07, 6.45) is 1.34. The van der Waals surface area contributed by atoms with Gasteiger partial charge in [0.15, 0.2) is 5.03 Å². The molecular formula is C14H18N4O7S. The third-order valence-electron chi connectivity index (χ3n) is 3.74. The van der Waals surface area contributed by atoms with Crippen LogP contribution in [0.3, 0.4) is 0 Å². The van der Waals surface area contributed by atoms with E-state index in [0.717, 1.165) is 28.9 Å². The highest BCUT2D eigenvalue weighted by Gasteiger charge is 2.25. The zero-order chi connectivity index (χ0) is 19.5. The van der Waals surface area contributed by atoms with Crippen LogP contribution in [-0.2, 0) is 10.0 Å². The summed E-state index contributed by atoms with van der Waals surface area (Å²) in [5.74, 6) is 0. The van der Waals surface area contributed by atoms with Gasteiger partial charge in [-0.1, -0.05) is 13.3 Å². The standard InChI is InChI=1S/C14H18N4O7S/c1-2-3-6-16(7-8-19)26(24,25)10-4-5-12-11(9-10)15-13(20)14(21)17(12)18(22)23/h4-5,9,19H,2-3,6-8H2,1H3,(H,15,20). The van der Waals surface area contributed by atoms with Crippen molar-refractivity contribution >= 4 is 21.1 Å². The van der Waals surface area contributed by atoms with Crippen molar-refractivity contribution in [2.75, 3.05) is 19.7 Å². The van der Waals surface area contributed by atoms with E-state index in [1.54, 1.807) is 0 Å². The highest BCUT2D eigenvalue weighted by Crippen LogP contribution is 2.20. The number of nitro groups is 1. The normalized spacial score (nSPS) is 12.0. The highest BCUT2D eigenvalue weighted by atomic mass is 32.2. The van der Waals surface area contributed by atoms with E-state index in [2.05, 4.69) is 4.98 Å². The Morgan fingerprint density at radius 1 is 1.31 bits per heavy atom. The molecule has 0 aliphatic rings. The average molecular weight is 386 g/mol. The van der Waals surface area contributed by atoms with E-state index in [1.807, 2.05) is 6.92 Å². The lowest BCUT2D eigenvalue weighted by Crippen LogP contribution is -2.39. The van der Waals surface area contributed by atoms with E-state index in [4.69, 9.17) is 5.11 Å². The minimum absolute atomic E-state index is 0.0626. The Bertz CT molecular complexity index is 1040. The van der Waals surface area contributed by atoms with Gasteiger partial charge in [-0.05, 0) is 29.3 Å².